The van der Waals surface area contributed by atoms with E-state index in [-0.39, 0.29) is 5.78 Å². The van der Waals surface area contributed by atoms with Gasteiger partial charge >= 0.3 is 0 Å². The topological polar surface area (TPSA) is 22.0 Å². The van der Waals surface area contributed by atoms with E-state index in [1.807, 2.05) is 73.3 Å². The van der Waals surface area contributed by atoms with Gasteiger partial charge in [0.15, 0.2) is 5.78 Å². The second-order valence-electron chi connectivity index (χ2n) is 4.35. The van der Waals surface area contributed by atoms with Crippen molar-refractivity contribution in [3.05, 3.63) is 65.5 Å². The predicted molar refractivity (Wildman–Crippen MR) is 74.6 cm³/mol. The minimum atomic E-state index is 0.160. The maximum atomic E-state index is 12.1. The van der Waals surface area contributed by atoms with Crippen LogP contribution in [0.1, 0.15) is 28.5 Å². The van der Waals surface area contributed by atoms with Gasteiger partial charge in [0.1, 0.15) is 0 Å². The third-order valence-electron chi connectivity index (χ3n) is 2.91. The van der Waals surface area contributed by atoms with Crippen LogP contribution < -0.4 is 0 Å². The molecule has 2 heteroatoms. The summed E-state index contributed by atoms with van der Waals surface area (Å²) in [7, 11) is 1.95. The molecule has 2 nitrogen and oxygen atoms in total. The van der Waals surface area contributed by atoms with Gasteiger partial charge in [0.2, 0.25) is 0 Å². The molecule has 0 spiro atoms. The number of aryl methyl sites for hydroxylation is 1. The van der Waals surface area contributed by atoms with Gasteiger partial charge < -0.3 is 4.57 Å². The van der Waals surface area contributed by atoms with E-state index < -0.39 is 0 Å². The third kappa shape index (κ3) is 2.77. The molecule has 1 aromatic heterocycles. The zero-order valence-corrected chi connectivity index (χ0v) is 10.8. The highest BCUT2D eigenvalue weighted by atomic mass is 16.1. The molecule has 2 aromatic rings. The van der Waals surface area contributed by atoms with Crippen LogP contribution in [-0.2, 0) is 13.5 Å². The summed E-state index contributed by atoms with van der Waals surface area (Å²) in [5.74, 6) is 0.160. The van der Waals surface area contributed by atoms with E-state index in [2.05, 4.69) is 0 Å². The van der Waals surface area contributed by atoms with Crippen LogP contribution in [0.5, 0.6) is 0 Å². The van der Waals surface area contributed by atoms with E-state index in [0.29, 0.717) is 6.42 Å². The van der Waals surface area contributed by atoms with Crippen molar-refractivity contribution in [2.45, 2.75) is 13.3 Å². The lowest BCUT2D eigenvalue weighted by Crippen LogP contribution is -2.02. The number of benzene rings is 1. The minimum Gasteiger partial charge on any atom is -0.350 e. The van der Waals surface area contributed by atoms with Gasteiger partial charge in [-0.15, -0.1) is 0 Å². The summed E-state index contributed by atoms with van der Waals surface area (Å²) in [5.41, 5.74) is 2.88. The number of allylic oxidation sites excluding steroid dienone is 1. The van der Waals surface area contributed by atoms with Crippen molar-refractivity contribution >= 4 is 11.9 Å². The Morgan fingerprint density at radius 1 is 1.28 bits per heavy atom. The molecule has 0 aliphatic carbocycles. The maximum absolute atomic E-state index is 12.1. The van der Waals surface area contributed by atoms with E-state index >= 15 is 0 Å². The quantitative estimate of drug-likeness (QED) is 0.749. The lowest BCUT2D eigenvalue weighted by Gasteiger charge is -1.98. The molecular weight excluding hydrogens is 222 g/mol. The average Bonchev–Trinajstić information content (AvgIpc) is 2.73. The summed E-state index contributed by atoms with van der Waals surface area (Å²) in [6.07, 6.45) is 6.32. The number of hydrogen-bond donors (Lipinski definition) is 0. The number of carbonyl (C=O) groups is 1. The van der Waals surface area contributed by atoms with Crippen LogP contribution in [0.15, 0.2) is 48.7 Å². The Morgan fingerprint density at radius 3 is 2.67 bits per heavy atom. The van der Waals surface area contributed by atoms with Crippen molar-refractivity contribution < 1.29 is 4.79 Å². The molecular formula is C16H17NO. The molecule has 0 bridgehead atoms. The van der Waals surface area contributed by atoms with E-state index in [1.54, 1.807) is 0 Å². The molecule has 1 heterocycles. The summed E-state index contributed by atoms with van der Waals surface area (Å²) in [6.45, 7) is 1.97. The molecule has 92 valence electrons. The first-order chi connectivity index (χ1) is 8.70. The zero-order chi connectivity index (χ0) is 13.0. The molecule has 0 aliphatic rings. The number of carbonyl (C=O) groups excluding carboxylic acids is 1. The molecule has 0 amide bonds. The van der Waals surface area contributed by atoms with E-state index in [4.69, 9.17) is 0 Å². The second kappa shape index (κ2) is 5.50. The van der Waals surface area contributed by atoms with Crippen molar-refractivity contribution in [2.24, 2.45) is 7.05 Å². The minimum absolute atomic E-state index is 0.160. The van der Waals surface area contributed by atoms with Crippen LogP contribution in [0.2, 0.25) is 0 Å². The molecule has 0 unspecified atom stereocenters. The lowest BCUT2D eigenvalue weighted by molar-refractivity contribution is 0.0993. The number of aromatic nitrogens is 1. The lowest BCUT2D eigenvalue weighted by atomic mass is 10.1. The Bertz CT molecular complexity index is 564. The standard InChI is InChI=1S/C16H17NO/c1-3-7-15-11-14(12-17(15)2)16(18)10-13-8-5-4-6-9-13/h3-9,11-12H,10H2,1-2H3/b7-3+. The highest BCUT2D eigenvalue weighted by molar-refractivity contribution is 5.97. The maximum Gasteiger partial charge on any atom is 0.168 e. The summed E-state index contributed by atoms with van der Waals surface area (Å²) in [4.78, 5) is 12.1. The van der Waals surface area contributed by atoms with Crippen LogP contribution in [0.4, 0.5) is 0 Å². The van der Waals surface area contributed by atoms with Gasteiger partial charge in [-0.25, -0.2) is 0 Å². The highest BCUT2D eigenvalue weighted by Crippen LogP contribution is 2.12. The van der Waals surface area contributed by atoms with E-state index in [0.717, 1.165) is 16.8 Å². The fraction of sp³-hybridized carbons (Fsp3) is 0.188. The van der Waals surface area contributed by atoms with Crippen molar-refractivity contribution in [1.29, 1.82) is 0 Å². The van der Waals surface area contributed by atoms with Crippen LogP contribution >= 0.6 is 0 Å². The Morgan fingerprint density at radius 2 is 2.00 bits per heavy atom. The van der Waals surface area contributed by atoms with Gasteiger partial charge in [-0.3, -0.25) is 4.79 Å². The zero-order valence-electron chi connectivity index (χ0n) is 10.8. The summed E-state index contributed by atoms with van der Waals surface area (Å²) in [5, 5.41) is 0. The first-order valence-corrected chi connectivity index (χ1v) is 6.07. The van der Waals surface area contributed by atoms with E-state index in [1.165, 1.54) is 0 Å². The van der Waals surface area contributed by atoms with Crippen LogP contribution in [0.25, 0.3) is 6.08 Å². The summed E-state index contributed by atoms with van der Waals surface area (Å²) >= 11 is 0. The van der Waals surface area contributed by atoms with Crippen molar-refractivity contribution in [2.75, 3.05) is 0 Å². The molecule has 18 heavy (non-hydrogen) atoms. The highest BCUT2D eigenvalue weighted by Gasteiger charge is 2.10. The van der Waals surface area contributed by atoms with Gasteiger partial charge in [-0.05, 0) is 24.6 Å². The molecule has 0 atom stereocenters. The number of hydrogen-bond acceptors (Lipinski definition) is 1. The number of nitrogens with zero attached hydrogens (tertiary/aromatic N) is 1. The summed E-state index contributed by atoms with van der Waals surface area (Å²) < 4.78 is 1.97. The van der Waals surface area contributed by atoms with E-state index in [9.17, 15) is 4.79 Å². The molecule has 1 aromatic carbocycles. The number of Topliss-reactive ketones (excluding diaryl/α,β-unsaturated/α-hetero) is 1. The number of ketones is 1. The van der Waals surface area contributed by atoms with Gasteiger partial charge in [0, 0.05) is 30.9 Å². The average molecular weight is 239 g/mol. The second-order valence-corrected chi connectivity index (χ2v) is 4.35. The van der Waals surface area contributed by atoms with Gasteiger partial charge in [-0.2, -0.15) is 0 Å². The largest absolute Gasteiger partial charge is 0.350 e. The van der Waals surface area contributed by atoms with Gasteiger partial charge in [-0.1, -0.05) is 36.4 Å². The Balaban J connectivity index is 2.17. The van der Waals surface area contributed by atoms with Crippen LogP contribution in [-0.4, -0.2) is 10.4 Å². The first-order valence-electron chi connectivity index (χ1n) is 6.07. The molecule has 0 aliphatic heterocycles. The fourth-order valence-corrected chi connectivity index (χ4v) is 1.95. The van der Waals surface area contributed by atoms with Crippen molar-refractivity contribution in [3.63, 3.8) is 0 Å². The number of rotatable bonds is 4. The first kappa shape index (κ1) is 12.4. The molecule has 0 fully saturated rings. The molecule has 0 saturated heterocycles. The predicted octanol–water partition coefficient (Wildman–Crippen LogP) is 3.48. The van der Waals surface area contributed by atoms with Gasteiger partial charge in [0.05, 0.1) is 0 Å². The van der Waals surface area contributed by atoms with Crippen molar-refractivity contribution in [3.8, 4) is 0 Å². The Hall–Kier alpha value is -2.09. The summed E-state index contributed by atoms with van der Waals surface area (Å²) in [6, 6.07) is 11.8. The Labute approximate surface area is 108 Å². The molecule has 0 radical (unpaired) electrons. The SMILES string of the molecule is C/C=C/c1cc(C(=O)Cc2ccccc2)cn1C. The van der Waals surface area contributed by atoms with Crippen LogP contribution in [0.3, 0.4) is 0 Å². The van der Waals surface area contributed by atoms with Crippen LogP contribution in [0, 0.1) is 0 Å². The van der Waals surface area contributed by atoms with Gasteiger partial charge in [0.25, 0.3) is 0 Å². The smallest absolute Gasteiger partial charge is 0.168 e. The molecule has 0 saturated carbocycles. The van der Waals surface area contributed by atoms with Crippen molar-refractivity contribution in [1.82, 2.24) is 4.57 Å². The molecule has 0 N–H and O–H groups in total. The normalized spacial score (nSPS) is 11.0. The third-order valence-corrected chi connectivity index (χ3v) is 2.91. The monoisotopic (exact) mass is 239 g/mol. The molecule has 2 rings (SSSR count). The fourth-order valence-electron chi connectivity index (χ4n) is 1.95. The Kier molecular flexibility index (Phi) is 3.78.